The van der Waals surface area contributed by atoms with Crippen LogP contribution in [-0.2, 0) is 19.0 Å². The lowest BCUT2D eigenvalue weighted by Crippen LogP contribution is -2.42. The van der Waals surface area contributed by atoms with Gasteiger partial charge in [0.15, 0.2) is 0 Å². The van der Waals surface area contributed by atoms with Crippen molar-refractivity contribution in [3.05, 3.63) is 0 Å². The van der Waals surface area contributed by atoms with Gasteiger partial charge in [-0.2, -0.15) is 8.42 Å². The minimum atomic E-state index is -3.36. The molecule has 4 atom stereocenters. The van der Waals surface area contributed by atoms with Crippen LogP contribution in [0.15, 0.2) is 0 Å². The minimum Gasteiger partial charge on any atom is -0.370 e. The van der Waals surface area contributed by atoms with Crippen LogP contribution >= 0.6 is 0 Å². The summed E-state index contributed by atoms with van der Waals surface area (Å²) in [5.41, 5.74) is -0.281. The SMILES string of the molecule is CC1(C)C2CC3OS(=O)(=O)C1C3O2. The van der Waals surface area contributed by atoms with Gasteiger partial charge in [-0.05, 0) is 0 Å². The van der Waals surface area contributed by atoms with Gasteiger partial charge in [-0.15, -0.1) is 0 Å². The van der Waals surface area contributed by atoms with Crippen molar-refractivity contribution in [1.29, 1.82) is 0 Å². The molecule has 0 spiro atoms. The first kappa shape index (κ1) is 8.20. The minimum absolute atomic E-state index is 0.0600. The fourth-order valence-corrected chi connectivity index (χ4v) is 5.01. The summed E-state index contributed by atoms with van der Waals surface area (Å²) in [6.07, 6.45) is 0.385. The van der Waals surface area contributed by atoms with Crippen molar-refractivity contribution in [3.63, 3.8) is 0 Å². The molecule has 0 aromatic carbocycles. The van der Waals surface area contributed by atoms with Crippen LogP contribution in [0.4, 0.5) is 0 Å². The summed E-state index contributed by atoms with van der Waals surface area (Å²) in [6, 6.07) is 0. The second-order valence-electron chi connectivity index (χ2n) is 4.69. The average molecular weight is 204 g/mol. The van der Waals surface area contributed by atoms with E-state index in [-0.39, 0.29) is 23.7 Å². The molecule has 0 radical (unpaired) electrons. The van der Waals surface area contributed by atoms with E-state index in [0.717, 1.165) is 6.42 Å². The molecule has 5 heteroatoms. The van der Waals surface area contributed by atoms with Gasteiger partial charge in [0.2, 0.25) is 0 Å². The Labute approximate surface area is 77.3 Å². The summed E-state index contributed by atoms with van der Waals surface area (Å²) in [6.45, 7) is 3.90. The molecule has 0 aromatic heterocycles. The molecule has 3 fully saturated rings. The summed E-state index contributed by atoms with van der Waals surface area (Å²) < 4.78 is 33.8. The third-order valence-corrected chi connectivity index (χ3v) is 5.58. The number of hydrogen-bond donors (Lipinski definition) is 0. The third-order valence-electron chi connectivity index (χ3n) is 3.56. The lowest BCUT2D eigenvalue weighted by molar-refractivity contribution is 0.0645. The molecule has 74 valence electrons. The Hall–Kier alpha value is -0.130. The van der Waals surface area contributed by atoms with Gasteiger partial charge in [-0.1, -0.05) is 13.8 Å². The van der Waals surface area contributed by atoms with Crippen molar-refractivity contribution in [2.45, 2.75) is 43.8 Å². The summed E-state index contributed by atoms with van der Waals surface area (Å²) in [4.78, 5) is 0. The first-order chi connectivity index (χ1) is 5.93. The molecule has 13 heavy (non-hydrogen) atoms. The Morgan fingerprint density at radius 2 is 2.08 bits per heavy atom. The van der Waals surface area contributed by atoms with Crippen LogP contribution in [-0.4, -0.2) is 32.0 Å². The molecule has 2 bridgehead atoms. The van der Waals surface area contributed by atoms with Gasteiger partial charge in [-0.25, -0.2) is 0 Å². The summed E-state index contributed by atoms with van der Waals surface area (Å²) in [7, 11) is -3.36. The Bertz CT molecular complexity index is 356. The largest absolute Gasteiger partial charge is 0.370 e. The fourth-order valence-electron chi connectivity index (χ4n) is 2.89. The second-order valence-corrected chi connectivity index (χ2v) is 6.38. The van der Waals surface area contributed by atoms with E-state index in [2.05, 4.69) is 0 Å². The van der Waals surface area contributed by atoms with Gasteiger partial charge in [-0.3, -0.25) is 4.18 Å². The van der Waals surface area contributed by atoms with Gasteiger partial charge in [0.05, 0.1) is 6.10 Å². The fraction of sp³-hybridized carbons (Fsp3) is 1.00. The highest BCUT2D eigenvalue weighted by molar-refractivity contribution is 7.87. The van der Waals surface area contributed by atoms with Crippen LogP contribution in [0.3, 0.4) is 0 Å². The molecule has 0 aliphatic carbocycles. The zero-order valence-corrected chi connectivity index (χ0v) is 8.37. The van der Waals surface area contributed by atoms with Crippen LogP contribution < -0.4 is 0 Å². The van der Waals surface area contributed by atoms with E-state index in [4.69, 9.17) is 8.92 Å². The predicted octanol–water partition coefficient (Wildman–Crippen LogP) is 0.281. The maximum Gasteiger partial charge on any atom is 0.273 e. The Kier molecular flexibility index (Phi) is 1.23. The molecule has 3 aliphatic rings. The van der Waals surface area contributed by atoms with Crippen LogP contribution in [0.25, 0.3) is 0 Å². The monoisotopic (exact) mass is 204 g/mol. The van der Waals surface area contributed by atoms with Gasteiger partial charge in [0, 0.05) is 11.8 Å². The maximum atomic E-state index is 11.6. The molecular formula is C8H12O4S. The Morgan fingerprint density at radius 1 is 1.38 bits per heavy atom. The first-order valence-electron chi connectivity index (χ1n) is 4.50. The van der Waals surface area contributed by atoms with Crippen LogP contribution in [0, 0.1) is 5.41 Å². The van der Waals surface area contributed by atoms with E-state index in [1.807, 2.05) is 13.8 Å². The highest BCUT2D eigenvalue weighted by atomic mass is 32.2. The molecule has 4 unspecified atom stereocenters. The molecule has 3 saturated heterocycles. The van der Waals surface area contributed by atoms with Crippen molar-refractivity contribution >= 4 is 10.1 Å². The van der Waals surface area contributed by atoms with Crippen molar-refractivity contribution in [3.8, 4) is 0 Å². The maximum absolute atomic E-state index is 11.6. The van der Waals surface area contributed by atoms with Crippen molar-refractivity contribution in [1.82, 2.24) is 0 Å². The Morgan fingerprint density at radius 3 is 2.62 bits per heavy atom. The topological polar surface area (TPSA) is 52.6 Å². The number of hydrogen-bond acceptors (Lipinski definition) is 4. The number of rotatable bonds is 0. The van der Waals surface area contributed by atoms with Gasteiger partial charge >= 0.3 is 0 Å². The van der Waals surface area contributed by atoms with E-state index < -0.39 is 15.4 Å². The Balaban J connectivity index is 2.19. The number of ether oxygens (including phenoxy) is 1. The normalized spacial score (nSPS) is 54.3. The van der Waals surface area contributed by atoms with E-state index in [1.54, 1.807) is 0 Å². The van der Waals surface area contributed by atoms with Crippen molar-refractivity contribution < 1.29 is 17.3 Å². The molecular weight excluding hydrogens is 192 g/mol. The summed E-state index contributed by atoms with van der Waals surface area (Å²) >= 11 is 0. The summed E-state index contributed by atoms with van der Waals surface area (Å²) in [5, 5.41) is -0.441. The van der Waals surface area contributed by atoms with Crippen molar-refractivity contribution in [2.75, 3.05) is 0 Å². The summed E-state index contributed by atoms with van der Waals surface area (Å²) in [5.74, 6) is 0. The second kappa shape index (κ2) is 1.94. The van der Waals surface area contributed by atoms with Crippen LogP contribution in [0.5, 0.6) is 0 Å². The molecule has 0 amide bonds. The predicted molar refractivity (Wildman–Crippen MR) is 44.6 cm³/mol. The molecule has 0 saturated carbocycles. The highest BCUT2D eigenvalue weighted by Gasteiger charge is 2.69. The third kappa shape index (κ3) is 0.765. The van der Waals surface area contributed by atoms with Crippen LogP contribution in [0.1, 0.15) is 20.3 Å². The molecule has 0 N–H and O–H groups in total. The smallest absolute Gasteiger partial charge is 0.273 e. The molecule has 4 nitrogen and oxygen atoms in total. The quantitative estimate of drug-likeness (QED) is 0.532. The average Bonchev–Trinajstić information content (AvgIpc) is 2.43. The first-order valence-corrected chi connectivity index (χ1v) is 5.97. The standard InChI is InChI=1S/C8H12O4S/c1-8(2)5-3-4-6(11-5)7(8)13(9,10)12-4/h4-7H,3H2,1-2H3. The number of fused-ring (bicyclic) bond motifs is 1. The van der Waals surface area contributed by atoms with E-state index in [1.165, 1.54) is 0 Å². The van der Waals surface area contributed by atoms with Gasteiger partial charge in [0.1, 0.15) is 17.5 Å². The zero-order valence-electron chi connectivity index (χ0n) is 7.56. The lowest BCUT2D eigenvalue weighted by atomic mass is 9.76. The zero-order chi connectivity index (χ0) is 9.43. The molecule has 3 rings (SSSR count). The molecule has 3 aliphatic heterocycles. The molecule has 0 aromatic rings. The van der Waals surface area contributed by atoms with Crippen LogP contribution in [0.2, 0.25) is 0 Å². The van der Waals surface area contributed by atoms with E-state index >= 15 is 0 Å². The molecule has 3 heterocycles. The van der Waals surface area contributed by atoms with E-state index in [9.17, 15) is 8.42 Å². The van der Waals surface area contributed by atoms with Gasteiger partial charge in [0.25, 0.3) is 10.1 Å². The van der Waals surface area contributed by atoms with Crippen molar-refractivity contribution in [2.24, 2.45) is 5.41 Å². The van der Waals surface area contributed by atoms with Gasteiger partial charge < -0.3 is 4.74 Å². The lowest BCUT2D eigenvalue weighted by Gasteiger charge is -2.28. The van der Waals surface area contributed by atoms with E-state index in [0.29, 0.717) is 0 Å². The highest BCUT2D eigenvalue weighted by Crippen LogP contribution is 2.55.